The predicted molar refractivity (Wildman–Crippen MR) is 76.2 cm³/mol. The monoisotopic (exact) mass is 243 g/mol. The van der Waals surface area contributed by atoms with Crippen LogP contribution < -0.4 is 5.32 Å². The van der Waals surface area contributed by atoms with Crippen LogP contribution in [-0.2, 0) is 0 Å². The molecule has 3 atom stereocenters. The fraction of sp³-hybridized carbons (Fsp3) is 1.00. The first-order valence-corrected chi connectivity index (χ1v) is 7.65. The first kappa shape index (κ1) is 14.4. The average molecular weight is 243 g/mol. The van der Waals surface area contributed by atoms with E-state index in [-0.39, 0.29) is 0 Å². The molecule has 0 aliphatic heterocycles. The van der Waals surface area contributed by atoms with Crippen molar-refractivity contribution in [2.24, 2.45) is 11.3 Å². The summed E-state index contributed by atoms with van der Waals surface area (Å²) in [6.45, 7) is 11.9. The van der Waals surface area contributed by atoms with Crippen molar-refractivity contribution in [3.63, 3.8) is 0 Å². The van der Waals surface area contributed by atoms with Gasteiger partial charge in [-0.2, -0.15) is 11.8 Å². The van der Waals surface area contributed by atoms with E-state index in [1.54, 1.807) is 0 Å². The van der Waals surface area contributed by atoms with Crippen LogP contribution in [0, 0.1) is 11.3 Å². The van der Waals surface area contributed by atoms with E-state index in [0.29, 0.717) is 11.5 Å². The lowest BCUT2D eigenvalue weighted by atomic mass is 9.73. The van der Waals surface area contributed by atoms with Gasteiger partial charge >= 0.3 is 0 Å². The van der Waals surface area contributed by atoms with Crippen molar-refractivity contribution in [3.05, 3.63) is 0 Å². The minimum absolute atomic E-state index is 0.460. The minimum atomic E-state index is 0.460. The zero-order valence-corrected chi connectivity index (χ0v) is 12.7. The third-order valence-corrected chi connectivity index (χ3v) is 5.99. The van der Waals surface area contributed by atoms with Gasteiger partial charge in [0.1, 0.15) is 0 Å². The van der Waals surface area contributed by atoms with Crippen molar-refractivity contribution in [1.29, 1.82) is 0 Å². The molecule has 1 N–H and O–H groups in total. The van der Waals surface area contributed by atoms with Crippen molar-refractivity contribution in [2.45, 2.75) is 70.4 Å². The Morgan fingerprint density at radius 2 is 1.88 bits per heavy atom. The van der Waals surface area contributed by atoms with Crippen LogP contribution in [0.1, 0.15) is 53.9 Å². The van der Waals surface area contributed by atoms with Crippen LogP contribution in [0.15, 0.2) is 0 Å². The molecule has 0 radical (unpaired) electrons. The van der Waals surface area contributed by atoms with E-state index in [0.717, 1.165) is 16.4 Å². The van der Waals surface area contributed by atoms with E-state index in [2.05, 4.69) is 58.7 Å². The maximum Gasteiger partial charge on any atom is 0.0234 e. The molecule has 16 heavy (non-hydrogen) atoms. The highest BCUT2D eigenvalue weighted by atomic mass is 32.2. The molecule has 0 amide bonds. The number of nitrogens with one attached hydrogen (secondary N) is 1. The summed E-state index contributed by atoms with van der Waals surface area (Å²) in [4.78, 5) is 0. The Kier molecular flexibility index (Phi) is 5.18. The molecule has 0 aromatic carbocycles. The summed E-state index contributed by atoms with van der Waals surface area (Å²) in [6, 6.07) is 0.674. The molecule has 0 bridgehead atoms. The quantitative estimate of drug-likeness (QED) is 0.803. The largest absolute Gasteiger partial charge is 0.315 e. The van der Waals surface area contributed by atoms with Gasteiger partial charge < -0.3 is 5.32 Å². The molecule has 0 aromatic heterocycles. The molecular formula is C14H29NS. The summed E-state index contributed by atoms with van der Waals surface area (Å²) >= 11 is 2.20. The molecule has 0 spiro atoms. The van der Waals surface area contributed by atoms with E-state index in [4.69, 9.17) is 0 Å². The van der Waals surface area contributed by atoms with Gasteiger partial charge in [-0.05, 0) is 31.2 Å². The molecule has 1 rings (SSSR count). The van der Waals surface area contributed by atoms with E-state index < -0.39 is 0 Å². The van der Waals surface area contributed by atoms with Crippen molar-refractivity contribution >= 4 is 11.8 Å². The van der Waals surface area contributed by atoms with Crippen LogP contribution in [-0.4, -0.2) is 23.6 Å². The fourth-order valence-electron chi connectivity index (χ4n) is 2.74. The van der Waals surface area contributed by atoms with Crippen LogP contribution in [0.2, 0.25) is 0 Å². The summed E-state index contributed by atoms with van der Waals surface area (Å²) in [7, 11) is 2.13. The van der Waals surface area contributed by atoms with Crippen LogP contribution >= 0.6 is 11.8 Å². The standard InChI is InChI=1S/C14H29NS/c1-10(2)11(3)16-12-8-7-9-14(4,5)13(12)15-6/h10-13,15H,7-9H2,1-6H3. The van der Waals surface area contributed by atoms with Crippen molar-refractivity contribution in [2.75, 3.05) is 7.05 Å². The lowest BCUT2D eigenvalue weighted by Gasteiger charge is -2.44. The summed E-state index contributed by atoms with van der Waals surface area (Å²) in [6.07, 6.45) is 4.15. The highest BCUT2D eigenvalue weighted by Gasteiger charge is 2.38. The maximum atomic E-state index is 3.57. The van der Waals surface area contributed by atoms with E-state index in [1.165, 1.54) is 19.3 Å². The summed E-state index contributed by atoms with van der Waals surface area (Å²) in [5.41, 5.74) is 0.460. The molecule has 3 unspecified atom stereocenters. The summed E-state index contributed by atoms with van der Waals surface area (Å²) in [5, 5.41) is 5.14. The molecule has 0 aromatic rings. The third-order valence-electron chi connectivity index (χ3n) is 4.16. The Labute approximate surface area is 106 Å². The summed E-state index contributed by atoms with van der Waals surface area (Å²) < 4.78 is 0. The Morgan fingerprint density at radius 1 is 1.25 bits per heavy atom. The molecule has 1 nitrogen and oxygen atoms in total. The van der Waals surface area contributed by atoms with Crippen LogP contribution in [0.25, 0.3) is 0 Å². The number of hydrogen-bond donors (Lipinski definition) is 1. The number of hydrogen-bond acceptors (Lipinski definition) is 2. The van der Waals surface area contributed by atoms with Crippen molar-refractivity contribution in [1.82, 2.24) is 5.32 Å². The van der Waals surface area contributed by atoms with Gasteiger partial charge in [-0.1, -0.05) is 41.0 Å². The predicted octanol–water partition coefficient (Wildman–Crippen LogP) is 3.93. The van der Waals surface area contributed by atoms with Crippen molar-refractivity contribution < 1.29 is 0 Å². The van der Waals surface area contributed by atoms with Crippen molar-refractivity contribution in [3.8, 4) is 0 Å². The second kappa shape index (κ2) is 5.77. The van der Waals surface area contributed by atoms with Gasteiger partial charge in [-0.3, -0.25) is 0 Å². The average Bonchev–Trinajstić information content (AvgIpc) is 2.16. The van der Waals surface area contributed by atoms with Gasteiger partial charge in [0, 0.05) is 16.5 Å². The Bertz CT molecular complexity index is 213. The SMILES string of the molecule is CNC1C(SC(C)C(C)C)CCCC1(C)C. The molecule has 1 saturated carbocycles. The molecule has 1 aliphatic rings. The molecule has 2 heteroatoms. The van der Waals surface area contributed by atoms with Gasteiger partial charge in [0.15, 0.2) is 0 Å². The third kappa shape index (κ3) is 3.40. The van der Waals surface area contributed by atoms with Crippen LogP contribution in [0.3, 0.4) is 0 Å². The van der Waals surface area contributed by atoms with E-state index in [1.807, 2.05) is 0 Å². The van der Waals surface area contributed by atoms with Gasteiger partial charge in [-0.15, -0.1) is 0 Å². The summed E-state index contributed by atoms with van der Waals surface area (Å²) in [5.74, 6) is 0.785. The van der Waals surface area contributed by atoms with E-state index in [9.17, 15) is 0 Å². The molecule has 96 valence electrons. The van der Waals surface area contributed by atoms with E-state index >= 15 is 0 Å². The van der Waals surface area contributed by atoms with Gasteiger partial charge in [-0.25, -0.2) is 0 Å². The Hall–Kier alpha value is 0.310. The lowest BCUT2D eigenvalue weighted by molar-refractivity contribution is 0.182. The highest BCUT2D eigenvalue weighted by molar-refractivity contribution is 8.00. The topological polar surface area (TPSA) is 12.0 Å². The first-order valence-electron chi connectivity index (χ1n) is 6.71. The fourth-order valence-corrected chi connectivity index (χ4v) is 4.57. The second-order valence-electron chi connectivity index (χ2n) is 6.27. The minimum Gasteiger partial charge on any atom is -0.315 e. The smallest absolute Gasteiger partial charge is 0.0234 e. The highest BCUT2D eigenvalue weighted by Crippen LogP contribution is 2.42. The number of rotatable bonds is 4. The van der Waals surface area contributed by atoms with Crippen LogP contribution in [0.5, 0.6) is 0 Å². The zero-order chi connectivity index (χ0) is 12.3. The van der Waals surface area contributed by atoms with Gasteiger partial charge in [0.2, 0.25) is 0 Å². The van der Waals surface area contributed by atoms with Crippen LogP contribution in [0.4, 0.5) is 0 Å². The Morgan fingerprint density at radius 3 is 2.38 bits per heavy atom. The lowest BCUT2D eigenvalue weighted by Crippen LogP contribution is -2.50. The zero-order valence-electron chi connectivity index (χ0n) is 11.8. The molecule has 0 saturated heterocycles. The second-order valence-corrected chi connectivity index (χ2v) is 7.89. The molecule has 0 heterocycles. The van der Waals surface area contributed by atoms with Gasteiger partial charge in [0.05, 0.1) is 0 Å². The Balaban J connectivity index is 2.63. The van der Waals surface area contributed by atoms with Gasteiger partial charge in [0.25, 0.3) is 0 Å². The molecule has 1 fully saturated rings. The first-order chi connectivity index (χ1) is 7.38. The molecular weight excluding hydrogens is 214 g/mol. The number of thioether (sulfide) groups is 1. The normalized spacial score (nSPS) is 31.7. The molecule has 1 aliphatic carbocycles. The maximum absolute atomic E-state index is 3.57.